The maximum Gasteiger partial charge on any atom is 0.255 e. The first-order valence-corrected chi connectivity index (χ1v) is 11.1. The van der Waals surface area contributed by atoms with E-state index in [4.69, 9.17) is 0 Å². The lowest BCUT2D eigenvalue weighted by Gasteiger charge is -2.52. The lowest BCUT2D eigenvalue weighted by molar-refractivity contribution is -0.0798. The number of aliphatic hydroxyl groups excluding tert-OH is 2. The van der Waals surface area contributed by atoms with E-state index in [1.54, 1.807) is 6.20 Å². The van der Waals surface area contributed by atoms with Crippen molar-refractivity contribution in [1.82, 2.24) is 4.98 Å². The molecule has 3 aliphatic rings. The van der Waals surface area contributed by atoms with Gasteiger partial charge in [-0.3, -0.25) is 9.78 Å². The van der Waals surface area contributed by atoms with Crippen molar-refractivity contribution in [3.8, 4) is 0 Å². The Morgan fingerprint density at radius 3 is 2.77 bits per heavy atom. The van der Waals surface area contributed by atoms with Crippen LogP contribution in [-0.2, 0) is 6.42 Å². The van der Waals surface area contributed by atoms with Gasteiger partial charge in [-0.25, -0.2) is 0 Å². The predicted octanol–water partition coefficient (Wildman–Crippen LogP) is 3.83. The summed E-state index contributed by atoms with van der Waals surface area (Å²) in [5.41, 5.74) is 4.43. The maximum atomic E-state index is 12.7. The number of fused-ring (bicyclic) bond motifs is 5. The van der Waals surface area contributed by atoms with E-state index in [9.17, 15) is 15.0 Å². The molecular weight excluding hydrogens is 376 g/mol. The molecule has 0 aliphatic heterocycles. The van der Waals surface area contributed by atoms with Gasteiger partial charge in [0.05, 0.1) is 24.1 Å². The fraction of sp³-hybridized carbons (Fsp3) is 0.520. The fourth-order valence-electron chi connectivity index (χ4n) is 6.52. The molecule has 1 aromatic carbocycles. The Morgan fingerprint density at radius 2 is 2.00 bits per heavy atom. The number of carbonyl (C=O) groups excluding carboxylic acids is 1. The second-order valence-corrected chi connectivity index (χ2v) is 9.76. The number of aromatic nitrogens is 1. The molecule has 0 saturated heterocycles. The van der Waals surface area contributed by atoms with Gasteiger partial charge >= 0.3 is 0 Å². The van der Waals surface area contributed by atoms with E-state index >= 15 is 0 Å². The molecule has 0 radical (unpaired) electrons. The Hall–Kier alpha value is -2.24. The van der Waals surface area contributed by atoms with Gasteiger partial charge in [0.25, 0.3) is 5.91 Å². The molecule has 1 aromatic heterocycles. The topological polar surface area (TPSA) is 82.5 Å². The summed E-state index contributed by atoms with van der Waals surface area (Å²) in [4.78, 5) is 17.0. The average molecular weight is 407 g/mol. The van der Waals surface area contributed by atoms with Crippen LogP contribution in [0.1, 0.15) is 65.7 Å². The second kappa shape index (κ2) is 7.17. The molecule has 5 heteroatoms. The molecule has 30 heavy (non-hydrogen) atoms. The Kier molecular flexibility index (Phi) is 4.71. The van der Waals surface area contributed by atoms with Crippen LogP contribution in [0.4, 0.5) is 5.69 Å². The first-order valence-electron chi connectivity index (χ1n) is 11.1. The summed E-state index contributed by atoms with van der Waals surface area (Å²) < 4.78 is 0. The molecule has 2 fully saturated rings. The third-order valence-electron chi connectivity index (χ3n) is 8.08. The quantitative estimate of drug-likeness (QED) is 0.708. The zero-order chi connectivity index (χ0) is 21.0. The standard InChI is InChI=1S/C25H30N2O3/c1-14-3-6-17(13-26-14)27-24(30)16-5-7-18-15(11-16)4-8-19-20-9-10-22(29)25(20,2)12-21(28)23(18)19/h3,5-7,11,13,19-23,28-29H,4,8-10,12H2,1-2H3,(H,27,30)/t19-,20-,21-,22-,23+,25-/m0/s1. The molecule has 2 aromatic rings. The van der Waals surface area contributed by atoms with Crippen molar-refractivity contribution in [2.45, 2.75) is 64.1 Å². The normalized spacial score (nSPS) is 34.6. The number of aryl methyl sites for hydroxylation is 2. The van der Waals surface area contributed by atoms with Gasteiger partial charge in [-0.15, -0.1) is 0 Å². The summed E-state index contributed by atoms with van der Waals surface area (Å²) in [7, 11) is 0. The predicted molar refractivity (Wildman–Crippen MR) is 115 cm³/mol. The van der Waals surface area contributed by atoms with Gasteiger partial charge in [0.2, 0.25) is 0 Å². The summed E-state index contributed by atoms with van der Waals surface area (Å²) in [6.45, 7) is 4.08. The highest BCUT2D eigenvalue weighted by Gasteiger charge is 2.57. The number of amides is 1. The number of carbonyl (C=O) groups is 1. The number of aliphatic hydroxyl groups is 2. The van der Waals surface area contributed by atoms with Crippen LogP contribution in [0.5, 0.6) is 0 Å². The lowest BCUT2D eigenvalue weighted by atomic mass is 9.54. The largest absolute Gasteiger partial charge is 0.393 e. The average Bonchev–Trinajstić information content (AvgIpc) is 3.03. The van der Waals surface area contributed by atoms with Crippen LogP contribution in [0.2, 0.25) is 0 Å². The number of rotatable bonds is 2. The molecule has 6 atom stereocenters. The molecule has 0 spiro atoms. The molecule has 2 saturated carbocycles. The van der Waals surface area contributed by atoms with Crippen LogP contribution in [-0.4, -0.2) is 33.3 Å². The van der Waals surface area contributed by atoms with Gasteiger partial charge < -0.3 is 15.5 Å². The molecular formula is C25H30N2O3. The highest BCUT2D eigenvalue weighted by atomic mass is 16.3. The van der Waals surface area contributed by atoms with Gasteiger partial charge in [0.15, 0.2) is 0 Å². The summed E-state index contributed by atoms with van der Waals surface area (Å²) in [5, 5.41) is 24.6. The number of nitrogens with one attached hydrogen (secondary N) is 1. The van der Waals surface area contributed by atoms with Gasteiger partial charge in [-0.05, 0) is 91.7 Å². The summed E-state index contributed by atoms with van der Waals surface area (Å²) in [6.07, 6.45) is 5.39. The van der Waals surface area contributed by atoms with Gasteiger partial charge in [0.1, 0.15) is 0 Å². The number of hydrogen-bond acceptors (Lipinski definition) is 4. The van der Waals surface area contributed by atoms with E-state index < -0.39 is 6.10 Å². The minimum absolute atomic E-state index is 0.107. The first-order chi connectivity index (χ1) is 14.4. The van der Waals surface area contributed by atoms with Crippen molar-refractivity contribution < 1.29 is 15.0 Å². The van der Waals surface area contributed by atoms with Crippen molar-refractivity contribution in [3.05, 3.63) is 58.9 Å². The van der Waals surface area contributed by atoms with E-state index in [1.807, 2.05) is 37.3 Å². The van der Waals surface area contributed by atoms with Crippen molar-refractivity contribution in [2.24, 2.45) is 17.3 Å². The molecule has 0 bridgehead atoms. The van der Waals surface area contributed by atoms with Crippen molar-refractivity contribution in [3.63, 3.8) is 0 Å². The number of hydrogen-bond donors (Lipinski definition) is 3. The zero-order valence-corrected chi connectivity index (χ0v) is 17.6. The van der Waals surface area contributed by atoms with Crippen LogP contribution in [0.25, 0.3) is 0 Å². The number of benzene rings is 1. The Labute approximate surface area is 177 Å². The van der Waals surface area contributed by atoms with Gasteiger partial charge in [0, 0.05) is 17.2 Å². The van der Waals surface area contributed by atoms with E-state index in [2.05, 4.69) is 17.2 Å². The van der Waals surface area contributed by atoms with E-state index in [0.717, 1.165) is 31.4 Å². The summed E-state index contributed by atoms with van der Waals surface area (Å²) in [6, 6.07) is 9.65. The molecule has 1 heterocycles. The Morgan fingerprint density at radius 1 is 1.17 bits per heavy atom. The van der Waals surface area contributed by atoms with Crippen molar-refractivity contribution in [2.75, 3.05) is 5.32 Å². The van der Waals surface area contributed by atoms with Gasteiger partial charge in [-0.2, -0.15) is 0 Å². The fourth-order valence-corrected chi connectivity index (χ4v) is 6.52. The smallest absolute Gasteiger partial charge is 0.255 e. The van der Waals surface area contributed by atoms with Crippen LogP contribution in [0.3, 0.4) is 0 Å². The number of anilines is 1. The van der Waals surface area contributed by atoms with Crippen LogP contribution in [0, 0.1) is 24.2 Å². The highest BCUT2D eigenvalue weighted by molar-refractivity contribution is 6.04. The van der Waals surface area contributed by atoms with Crippen LogP contribution < -0.4 is 5.32 Å². The monoisotopic (exact) mass is 406 g/mol. The second-order valence-electron chi connectivity index (χ2n) is 9.76. The van der Waals surface area contributed by atoms with Gasteiger partial charge in [-0.1, -0.05) is 13.0 Å². The van der Waals surface area contributed by atoms with E-state index in [0.29, 0.717) is 29.5 Å². The molecule has 3 aliphatic carbocycles. The van der Waals surface area contributed by atoms with Crippen LogP contribution >= 0.6 is 0 Å². The minimum atomic E-state index is -0.443. The molecule has 5 rings (SSSR count). The van der Waals surface area contributed by atoms with Crippen molar-refractivity contribution >= 4 is 11.6 Å². The minimum Gasteiger partial charge on any atom is -0.393 e. The maximum absolute atomic E-state index is 12.7. The van der Waals surface area contributed by atoms with E-state index in [-0.39, 0.29) is 23.3 Å². The third-order valence-corrected chi connectivity index (χ3v) is 8.08. The zero-order valence-electron chi connectivity index (χ0n) is 17.6. The SMILES string of the molecule is Cc1ccc(NC(=O)c2ccc3c(c2)CC[C@@H]2[C@@H]3[C@@H](O)C[C@]3(C)[C@@H](O)CC[C@@H]23)cn1. The molecule has 1 amide bonds. The molecule has 5 nitrogen and oxygen atoms in total. The summed E-state index contributed by atoms with van der Waals surface area (Å²) >= 11 is 0. The number of pyridine rings is 1. The molecule has 158 valence electrons. The van der Waals surface area contributed by atoms with E-state index in [1.165, 1.54) is 11.1 Å². The van der Waals surface area contributed by atoms with Crippen LogP contribution in [0.15, 0.2) is 36.5 Å². The summed E-state index contributed by atoms with van der Waals surface area (Å²) in [5.74, 6) is 0.838. The molecule has 3 N–H and O–H groups in total. The highest BCUT2D eigenvalue weighted by Crippen LogP contribution is 2.60. The Balaban J connectivity index is 1.40. The first kappa shape index (κ1) is 19.7. The van der Waals surface area contributed by atoms with Crippen molar-refractivity contribution in [1.29, 1.82) is 0 Å². The number of nitrogens with zero attached hydrogens (tertiary/aromatic N) is 1. The lowest BCUT2D eigenvalue weighted by Crippen LogP contribution is -2.50. The molecule has 0 unspecified atom stereocenters. The Bertz CT molecular complexity index is 973. The third kappa shape index (κ3) is 3.07.